The highest BCUT2D eigenvalue weighted by Crippen LogP contribution is 2.31. The lowest BCUT2D eigenvalue weighted by Crippen LogP contribution is -2.20. The highest BCUT2D eigenvalue weighted by Gasteiger charge is 2.28. The van der Waals surface area contributed by atoms with Crippen molar-refractivity contribution in [2.24, 2.45) is 0 Å². The summed E-state index contributed by atoms with van der Waals surface area (Å²) in [6.45, 7) is 3.69. The number of allylic oxidation sites excluding steroid dienone is 3. The fourth-order valence-corrected chi connectivity index (χ4v) is 1.48. The summed E-state index contributed by atoms with van der Waals surface area (Å²) >= 11 is 0. The summed E-state index contributed by atoms with van der Waals surface area (Å²) in [5.41, 5.74) is 1.67. The number of carbonyl (C=O) groups is 2. The van der Waals surface area contributed by atoms with Crippen LogP contribution in [0.1, 0.15) is 33.1 Å². The SMILES string of the molecule is C/C=C(\CC=O)N(/C=C(\C)C=O)C1CC1. The van der Waals surface area contributed by atoms with Crippen LogP contribution in [0.2, 0.25) is 0 Å². The summed E-state index contributed by atoms with van der Waals surface area (Å²) < 4.78 is 0. The first-order valence-corrected chi connectivity index (χ1v) is 5.23. The van der Waals surface area contributed by atoms with E-state index in [4.69, 9.17) is 0 Å². The van der Waals surface area contributed by atoms with Gasteiger partial charge in [-0.1, -0.05) is 6.08 Å². The molecule has 0 unspecified atom stereocenters. The Morgan fingerprint density at radius 1 is 1.40 bits per heavy atom. The monoisotopic (exact) mass is 207 g/mol. The number of hydrogen-bond donors (Lipinski definition) is 0. The number of nitrogens with zero attached hydrogens (tertiary/aromatic N) is 1. The van der Waals surface area contributed by atoms with E-state index in [-0.39, 0.29) is 0 Å². The Balaban J connectivity index is 2.80. The lowest BCUT2D eigenvalue weighted by atomic mass is 10.2. The summed E-state index contributed by atoms with van der Waals surface area (Å²) in [7, 11) is 0. The molecular weight excluding hydrogens is 190 g/mol. The normalized spacial score (nSPS) is 17.5. The number of aldehydes is 2. The molecule has 0 aromatic carbocycles. The molecule has 0 N–H and O–H groups in total. The summed E-state index contributed by atoms with van der Waals surface area (Å²) in [6.07, 6.45) is 8.19. The maximum Gasteiger partial charge on any atom is 0.147 e. The van der Waals surface area contributed by atoms with Gasteiger partial charge in [-0.2, -0.15) is 0 Å². The smallest absolute Gasteiger partial charge is 0.147 e. The Morgan fingerprint density at radius 3 is 2.47 bits per heavy atom. The van der Waals surface area contributed by atoms with E-state index >= 15 is 0 Å². The second kappa shape index (κ2) is 5.49. The van der Waals surface area contributed by atoms with Crippen molar-refractivity contribution in [1.29, 1.82) is 0 Å². The maximum absolute atomic E-state index is 10.6. The number of carbonyl (C=O) groups excluding carboxylic acids is 2. The van der Waals surface area contributed by atoms with Gasteiger partial charge in [-0.3, -0.25) is 4.79 Å². The van der Waals surface area contributed by atoms with E-state index in [0.717, 1.165) is 31.1 Å². The molecule has 0 bridgehead atoms. The second-order valence-corrected chi connectivity index (χ2v) is 3.78. The second-order valence-electron chi connectivity index (χ2n) is 3.78. The summed E-state index contributed by atoms with van der Waals surface area (Å²) in [5.74, 6) is 0. The van der Waals surface area contributed by atoms with Crippen LogP contribution in [-0.2, 0) is 9.59 Å². The molecule has 3 nitrogen and oxygen atoms in total. The zero-order chi connectivity index (χ0) is 11.3. The Kier molecular flexibility index (Phi) is 4.28. The minimum Gasteiger partial charge on any atom is -0.348 e. The highest BCUT2D eigenvalue weighted by molar-refractivity contribution is 5.72. The molecule has 0 amide bonds. The van der Waals surface area contributed by atoms with E-state index in [2.05, 4.69) is 4.90 Å². The van der Waals surface area contributed by atoms with Crippen molar-refractivity contribution in [2.75, 3.05) is 0 Å². The van der Waals surface area contributed by atoms with Crippen LogP contribution in [-0.4, -0.2) is 23.5 Å². The Morgan fingerprint density at radius 2 is 2.07 bits per heavy atom. The lowest BCUT2D eigenvalue weighted by molar-refractivity contribution is -0.107. The first kappa shape index (κ1) is 11.7. The number of hydrogen-bond acceptors (Lipinski definition) is 3. The van der Waals surface area contributed by atoms with Gasteiger partial charge in [0.25, 0.3) is 0 Å². The van der Waals surface area contributed by atoms with E-state index in [1.165, 1.54) is 0 Å². The highest BCUT2D eigenvalue weighted by atomic mass is 16.1. The molecule has 1 aliphatic rings. The van der Waals surface area contributed by atoms with E-state index in [9.17, 15) is 9.59 Å². The largest absolute Gasteiger partial charge is 0.348 e. The molecule has 1 saturated carbocycles. The Labute approximate surface area is 90.5 Å². The predicted octanol–water partition coefficient (Wildman–Crippen LogP) is 2.05. The van der Waals surface area contributed by atoms with Crippen LogP contribution in [0.3, 0.4) is 0 Å². The van der Waals surface area contributed by atoms with Crippen LogP contribution in [0.4, 0.5) is 0 Å². The fraction of sp³-hybridized carbons (Fsp3) is 0.500. The average molecular weight is 207 g/mol. The minimum atomic E-state index is 0.412. The van der Waals surface area contributed by atoms with E-state index in [0.29, 0.717) is 18.0 Å². The predicted molar refractivity (Wildman–Crippen MR) is 59.1 cm³/mol. The van der Waals surface area contributed by atoms with Crippen LogP contribution in [0.5, 0.6) is 0 Å². The summed E-state index contributed by atoms with van der Waals surface area (Å²) in [5, 5.41) is 0. The van der Waals surface area contributed by atoms with Crippen LogP contribution in [0.15, 0.2) is 23.5 Å². The molecule has 0 saturated heterocycles. The van der Waals surface area contributed by atoms with Gasteiger partial charge in [-0.25, -0.2) is 0 Å². The third kappa shape index (κ3) is 3.35. The minimum absolute atomic E-state index is 0.412. The molecule has 15 heavy (non-hydrogen) atoms. The van der Waals surface area contributed by atoms with E-state index in [1.807, 2.05) is 19.2 Å². The van der Waals surface area contributed by atoms with Gasteiger partial charge >= 0.3 is 0 Å². The fourth-order valence-electron chi connectivity index (χ4n) is 1.48. The molecule has 82 valence electrons. The third-order valence-electron chi connectivity index (χ3n) is 2.43. The van der Waals surface area contributed by atoms with Crippen molar-refractivity contribution < 1.29 is 9.59 Å². The van der Waals surface area contributed by atoms with E-state index in [1.54, 1.807) is 6.92 Å². The molecule has 0 atom stereocenters. The molecule has 0 spiro atoms. The molecule has 0 aromatic rings. The van der Waals surface area contributed by atoms with Crippen LogP contribution in [0.25, 0.3) is 0 Å². The molecule has 1 rings (SSSR count). The van der Waals surface area contributed by atoms with Crippen molar-refractivity contribution in [2.45, 2.75) is 39.2 Å². The molecule has 0 radical (unpaired) electrons. The van der Waals surface area contributed by atoms with Crippen LogP contribution < -0.4 is 0 Å². The van der Waals surface area contributed by atoms with Crippen molar-refractivity contribution in [3.05, 3.63) is 23.5 Å². The summed E-state index contributed by atoms with van der Waals surface area (Å²) in [4.78, 5) is 23.1. The van der Waals surface area contributed by atoms with Gasteiger partial charge in [0.15, 0.2) is 0 Å². The zero-order valence-corrected chi connectivity index (χ0v) is 9.27. The van der Waals surface area contributed by atoms with Gasteiger partial charge in [0.05, 0.1) is 0 Å². The quantitative estimate of drug-likeness (QED) is 0.494. The molecule has 0 heterocycles. The Hall–Kier alpha value is -1.38. The van der Waals surface area contributed by atoms with Crippen molar-refractivity contribution in [1.82, 2.24) is 4.90 Å². The van der Waals surface area contributed by atoms with Gasteiger partial charge in [0.1, 0.15) is 12.6 Å². The lowest BCUT2D eigenvalue weighted by Gasteiger charge is -2.22. The third-order valence-corrected chi connectivity index (χ3v) is 2.43. The standard InChI is InChI=1S/C12H17NO2/c1-3-11(6-7-14)13(12-4-5-12)8-10(2)9-15/h3,7-9,12H,4-6H2,1-2H3/b10-8+,11-3+. The average Bonchev–Trinajstić information content (AvgIpc) is 3.06. The van der Waals surface area contributed by atoms with Gasteiger partial charge in [0.2, 0.25) is 0 Å². The van der Waals surface area contributed by atoms with Gasteiger partial charge in [-0.05, 0) is 26.7 Å². The maximum atomic E-state index is 10.6. The molecule has 3 heteroatoms. The molecular formula is C12H17NO2. The Bertz CT molecular complexity index is 301. The first-order valence-electron chi connectivity index (χ1n) is 5.23. The van der Waals surface area contributed by atoms with Crippen LogP contribution >= 0.6 is 0 Å². The zero-order valence-electron chi connectivity index (χ0n) is 9.27. The van der Waals surface area contributed by atoms with Crippen molar-refractivity contribution in [3.8, 4) is 0 Å². The number of rotatable bonds is 6. The molecule has 1 aliphatic carbocycles. The topological polar surface area (TPSA) is 37.4 Å². The van der Waals surface area contributed by atoms with Gasteiger partial charge < -0.3 is 9.69 Å². The molecule has 1 fully saturated rings. The molecule has 0 aliphatic heterocycles. The van der Waals surface area contributed by atoms with Gasteiger partial charge in [-0.15, -0.1) is 0 Å². The van der Waals surface area contributed by atoms with Crippen LogP contribution in [0, 0.1) is 0 Å². The van der Waals surface area contributed by atoms with Crippen molar-refractivity contribution >= 4 is 12.6 Å². The van der Waals surface area contributed by atoms with Gasteiger partial charge in [0, 0.05) is 29.9 Å². The first-order chi connectivity index (χ1) is 7.22. The summed E-state index contributed by atoms with van der Waals surface area (Å²) in [6, 6.07) is 0.478. The van der Waals surface area contributed by atoms with Crippen molar-refractivity contribution in [3.63, 3.8) is 0 Å². The van der Waals surface area contributed by atoms with E-state index < -0.39 is 0 Å². The molecule has 0 aromatic heterocycles.